The van der Waals surface area contributed by atoms with Gasteiger partial charge in [-0.2, -0.15) is 0 Å². The first kappa shape index (κ1) is 20.6. The Morgan fingerprint density at radius 1 is 0.852 bits per heavy atom. The molecular formula is C22H29NO4. The van der Waals surface area contributed by atoms with Crippen LogP contribution in [0, 0.1) is 5.41 Å². The second-order valence-corrected chi connectivity index (χ2v) is 7.33. The zero-order valence-electron chi connectivity index (χ0n) is 16.8. The van der Waals surface area contributed by atoms with Crippen molar-refractivity contribution in [2.75, 3.05) is 32.3 Å². The summed E-state index contributed by atoms with van der Waals surface area (Å²) in [5.74, 6) is 2.47. The number of ether oxygens (including phenoxy) is 3. The molecule has 0 bridgehead atoms. The van der Waals surface area contributed by atoms with Crippen molar-refractivity contribution in [3.05, 3.63) is 48.5 Å². The Kier molecular flexibility index (Phi) is 7.11. The predicted octanol–water partition coefficient (Wildman–Crippen LogP) is 4.55. The number of nitrogens with zero attached hydrogens (tertiary/aromatic N) is 1. The van der Waals surface area contributed by atoms with E-state index in [0.29, 0.717) is 13.2 Å². The van der Waals surface area contributed by atoms with E-state index in [0.717, 1.165) is 29.4 Å². The topological polar surface area (TPSA) is 48.0 Å². The standard InChI is InChI=1S/C22H29NO4/c1-22(2,3)21(24)23(4)17-7-9-19(10-8-17)26-15-6-16-27-20-13-11-18(25-5)12-14-20/h7-14H,6,15-16H2,1-5H3. The van der Waals surface area contributed by atoms with Gasteiger partial charge in [-0.1, -0.05) is 20.8 Å². The smallest absolute Gasteiger partial charge is 0.232 e. The van der Waals surface area contributed by atoms with E-state index in [9.17, 15) is 4.79 Å². The molecule has 1 amide bonds. The fraction of sp³-hybridized carbons (Fsp3) is 0.409. The van der Waals surface area contributed by atoms with Crippen molar-refractivity contribution in [1.82, 2.24) is 0 Å². The van der Waals surface area contributed by atoms with Gasteiger partial charge < -0.3 is 19.1 Å². The molecule has 0 saturated heterocycles. The largest absolute Gasteiger partial charge is 0.497 e. The van der Waals surface area contributed by atoms with Gasteiger partial charge in [-0.05, 0) is 48.5 Å². The minimum Gasteiger partial charge on any atom is -0.497 e. The number of carbonyl (C=O) groups is 1. The number of methoxy groups -OCH3 is 1. The van der Waals surface area contributed by atoms with E-state index >= 15 is 0 Å². The monoisotopic (exact) mass is 371 g/mol. The lowest BCUT2D eigenvalue weighted by Crippen LogP contribution is -2.36. The summed E-state index contributed by atoms with van der Waals surface area (Å²) in [7, 11) is 3.43. The van der Waals surface area contributed by atoms with Crippen LogP contribution in [0.1, 0.15) is 27.2 Å². The van der Waals surface area contributed by atoms with Crippen molar-refractivity contribution in [1.29, 1.82) is 0 Å². The Bertz CT molecular complexity index is 717. The Morgan fingerprint density at radius 3 is 1.74 bits per heavy atom. The number of carbonyl (C=O) groups excluding carboxylic acids is 1. The summed E-state index contributed by atoms with van der Waals surface area (Å²) < 4.78 is 16.5. The Balaban J connectivity index is 1.74. The maximum absolute atomic E-state index is 12.3. The number of hydrogen-bond donors (Lipinski definition) is 0. The molecule has 0 aliphatic heterocycles. The molecule has 5 heteroatoms. The van der Waals surface area contributed by atoms with Gasteiger partial charge in [-0.15, -0.1) is 0 Å². The van der Waals surface area contributed by atoms with E-state index < -0.39 is 5.41 Å². The highest BCUT2D eigenvalue weighted by Gasteiger charge is 2.25. The van der Waals surface area contributed by atoms with Crippen molar-refractivity contribution in [2.24, 2.45) is 5.41 Å². The summed E-state index contributed by atoms with van der Waals surface area (Å²) >= 11 is 0. The Hall–Kier alpha value is -2.69. The van der Waals surface area contributed by atoms with Gasteiger partial charge in [0.15, 0.2) is 0 Å². The molecule has 0 aromatic heterocycles. The first-order chi connectivity index (χ1) is 12.8. The normalized spacial score (nSPS) is 11.0. The maximum atomic E-state index is 12.3. The van der Waals surface area contributed by atoms with Crippen LogP contribution < -0.4 is 19.1 Å². The second kappa shape index (κ2) is 9.31. The van der Waals surface area contributed by atoms with Gasteiger partial charge in [0.2, 0.25) is 5.91 Å². The predicted molar refractivity (Wildman–Crippen MR) is 108 cm³/mol. The van der Waals surface area contributed by atoms with Crippen LogP contribution in [0.25, 0.3) is 0 Å². The molecule has 0 spiro atoms. The second-order valence-electron chi connectivity index (χ2n) is 7.33. The maximum Gasteiger partial charge on any atom is 0.232 e. The zero-order valence-corrected chi connectivity index (χ0v) is 16.8. The minimum absolute atomic E-state index is 0.0758. The quantitative estimate of drug-likeness (QED) is 0.639. The highest BCUT2D eigenvalue weighted by atomic mass is 16.5. The molecular weight excluding hydrogens is 342 g/mol. The molecule has 0 atom stereocenters. The first-order valence-electron chi connectivity index (χ1n) is 9.09. The average Bonchev–Trinajstić information content (AvgIpc) is 2.67. The first-order valence-corrected chi connectivity index (χ1v) is 9.09. The molecule has 146 valence electrons. The molecule has 0 saturated carbocycles. The summed E-state index contributed by atoms with van der Waals surface area (Å²) in [6, 6.07) is 15.1. The van der Waals surface area contributed by atoms with E-state index in [1.54, 1.807) is 19.1 Å². The van der Waals surface area contributed by atoms with Crippen LogP contribution in [0.15, 0.2) is 48.5 Å². The fourth-order valence-electron chi connectivity index (χ4n) is 2.50. The molecule has 2 rings (SSSR count). The average molecular weight is 371 g/mol. The van der Waals surface area contributed by atoms with Crippen molar-refractivity contribution in [3.8, 4) is 17.2 Å². The van der Waals surface area contributed by atoms with Crippen molar-refractivity contribution >= 4 is 11.6 Å². The summed E-state index contributed by atoms with van der Waals surface area (Å²) in [6.45, 7) is 6.88. The van der Waals surface area contributed by atoms with Crippen molar-refractivity contribution in [2.45, 2.75) is 27.2 Å². The third-order valence-electron chi connectivity index (χ3n) is 4.06. The van der Waals surface area contributed by atoms with Gasteiger partial charge in [0.05, 0.1) is 20.3 Å². The molecule has 0 aliphatic rings. The van der Waals surface area contributed by atoms with Gasteiger partial charge >= 0.3 is 0 Å². The number of benzene rings is 2. The number of rotatable bonds is 8. The molecule has 27 heavy (non-hydrogen) atoms. The van der Waals surface area contributed by atoms with Crippen molar-refractivity contribution in [3.63, 3.8) is 0 Å². The van der Waals surface area contributed by atoms with Crippen LogP contribution in [0.2, 0.25) is 0 Å². The van der Waals surface area contributed by atoms with Crippen LogP contribution in [0.3, 0.4) is 0 Å². The molecule has 5 nitrogen and oxygen atoms in total. The SMILES string of the molecule is COc1ccc(OCCCOc2ccc(N(C)C(=O)C(C)(C)C)cc2)cc1. The minimum atomic E-state index is -0.409. The highest BCUT2D eigenvalue weighted by Crippen LogP contribution is 2.24. The van der Waals surface area contributed by atoms with Crippen LogP contribution in [0.4, 0.5) is 5.69 Å². The van der Waals surface area contributed by atoms with Gasteiger partial charge in [0, 0.05) is 24.6 Å². The van der Waals surface area contributed by atoms with Gasteiger partial charge in [-0.3, -0.25) is 4.79 Å². The third kappa shape index (κ3) is 6.20. The lowest BCUT2D eigenvalue weighted by molar-refractivity contribution is -0.125. The summed E-state index contributed by atoms with van der Waals surface area (Å²) in [4.78, 5) is 14.0. The van der Waals surface area contributed by atoms with Gasteiger partial charge in [-0.25, -0.2) is 0 Å². The van der Waals surface area contributed by atoms with E-state index in [1.807, 2.05) is 69.3 Å². The number of amides is 1. The van der Waals surface area contributed by atoms with Crippen molar-refractivity contribution < 1.29 is 19.0 Å². The van der Waals surface area contributed by atoms with Crippen LogP contribution in [0.5, 0.6) is 17.2 Å². The van der Waals surface area contributed by atoms with Gasteiger partial charge in [0.25, 0.3) is 0 Å². The Labute approximate surface area is 161 Å². The summed E-state index contributed by atoms with van der Waals surface area (Å²) in [5.41, 5.74) is 0.443. The molecule has 0 radical (unpaired) electrons. The van der Waals surface area contributed by atoms with E-state index in [1.165, 1.54) is 0 Å². The van der Waals surface area contributed by atoms with E-state index in [4.69, 9.17) is 14.2 Å². The molecule has 0 unspecified atom stereocenters. The van der Waals surface area contributed by atoms with Crippen LogP contribution >= 0.6 is 0 Å². The summed E-state index contributed by atoms with van der Waals surface area (Å²) in [5, 5.41) is 0. The molecule has 2 aromatic carbocycles. The zero-order chi connectivity index (χ0) is 19.9. The molecule has 0 fully saturated rings. The fourth-order valence-corrected chi connectivity index (χ4v) is 2.50. The lowest BCUT2D eigenvalue weighted by Gasteiger charge is -2.26. The summed E-state index contributed by atoms with van der Waals surface area (Å²) in [6.07, 6.45) is 0.774. The van der Waals surface area contributed by atoms with E-state index in [2.05, 4.69) is 0 Å². The van der Waals surface area contributed by atoms with E-state index in [-0.39, 0.29) is 5.91 Å². The Morgan fingerprint density at radius 2 is 1.30 bits per heavy atom. The molecule has 0 N–H and O–H groups in total. The molecule has 0 heterocycles. The molecule has 0 aliphatic carbocycles. The van der Waals surface area contributed by atoms with Gasteiger partial charge in [0.1, 0.15) is 17.2 Å². The van der Waals surface area contributed by atoms with Crippen LogP contribution in [-0.2, 0) is 4.79 Å². The lowest BCUT2D eigenvalue weighted by atomic mass is 9.95. The van der Waals surface area contributed by atoms with Crippen LogP contribution in [-0.4, -0.2) is 33.3 Å². The molecule has 2 aromatic rings. The number of anilines is 1. The highest BCUT2D eigenvalue weighted by molar-refractivity contribution is 5.96. The third-order valence-corrected chi connectivity index (χ3v) is 4.06. The number of hydrogen-bond acceptors (Lipinski definition) is 4.